The van der Waals surface area contributed by atoms with E-state index in [9.17, 15) is 9.59 Å². The van der Waals surface area contributed by atoms with Crippen LogP contribution in [0.1, 0.15) is 20.7 Å². The van der Waals surface area contributed by atoms with Crippen molar-refractivity contribution in [2.24, 2.45) is 0 Å². The summed E-state index contributed by atoms with van der Waals surface area (Å²) in [5, 5.41) is 17.1. The number of carboxylic acids is 2. The van der Waals surface area contributed by atoms with E-state index >= 15 is 0 Å². The average Bonchev–Trinajstić information content (AvgIpc) is 2.03. The van der Waals surface area contributed by atoms with E-state index in [4.69, 9.17) is 15.9 Å². The molecule has 0 atom stereocenters. The summed E-state index contributed by atoms with van der Waals surface area (Å²) < 4.78 is 0. The van der Waals surface area contributed by atoms with Gasteiger partial charge in [0.15, 0.2) is 0 Å². The van der Waals surface area contributed by atoms with Gasteiger partial charge in [0.25, 0.3) is 0 Å². The number of anilines is 1. The number of aromatic carboxylic acids is 2. The Morgan fingerprint density at radius 3 is 1.64 bits per heavy atom. The van der Waals surface area contributed by atoms with Gasteiger partial charge < -0.3 is 15.9 Å². The zero-order valence-corrected chi connectivity index (χ0v) is 6.52. The van der Waals surface area contributed by atoms with Crippen LogP contribution in [0.5, 0.6) is 0 Å². The molecule has 1 rings (SSSR count). The van der Waals surface area contributed by atoms with Crippen molar-refractivity contribution in [3.05, 3.63) is 29.3 Å². The molecule has 5 nitrogen and oxygen atoms in total. The van der Waals surface area contributed by atoms with E-state index in [0.29, 0.717) is 0 Å². The van der Waals surface area contributed by atoms with E-state index in [2.05, 4.69) is 0 Å². The molecule has 0 saturated heterocycles. The molecule has 1 aromatic rings. The first kappa shape index (κ1) is 13.6. The third-order valence-corrected chi connectivity index (χ3v) is 1.45. The van der Waals surface area contributed by atoms with E-state index < -0.39 is 11.9 Å². The molecule has 0 radical (unpaired) electrons. The summed E-state index contributed by atoms with van der Waals surface area (Å²) in [6.45, 7) is 0. The fraction of sp³-hybridized carbons (Fsp3) is 0. The van der Waals surface area contributed by atoms with Crippen LogP contribution in [-0.4, -0.2) is 73.5 Å². The summed E-state index contributed by atoms with van der Waals surface area (Å²) in [4.78, 5) is 21.0. The van der Waals surface area contributed by atoms with E-state index in [0.717, 1.165) is 6.07 Å². The van der Waals surface area contributed by atoms with Crippen molar-refractivity contribution >= 4 is 69.0 Å². The summed E-state index contributed by atoms with van der Waals surface area (Å²) in [5.74, 6) is -2.40. The number of hydrogen-bond donors (Lipinski definition) is 3. The minimum absolute atomic E-state index is 0. The molecule has 0 fully saturated rings. The molecule has 0 amide bonds. The van der Waals surface area contributed by atoms with E-state index in [-0.39, 0.29) is 68.2 Å². The standard InChI is InChI=1S/C8H7NO4.K.H/c9-6-2-4(7(10)11)1-5(3-6)8(12)13;;/h1-3H,9H2,(H,10,11)(H,12,13);;. The molecule has 0 aromatic heterocycles. The summed E-state index contributed by atoms with van der Waals surface area (Å²) >= 11 is 0. The molecule has 0 unspecified atom stereocenters. The van der Waals surface area contributed by atoms with E-state index in [1.807, 2.05) is 0 Å². The number of carboxylic acid groups (broad SMARTS) is 2. The Hall–Kier alpha value is -0.404. The van der Waals surface area contributed by atoms with Crippen LogP contribution < -0.4 is 5.73 Å². The van der Waals surface area contributed by atoms with Crippen LogP contribution in [0, 0.1) is 0 Å². The van der Waals surface area contributed by atoms with Crippen LogP contribution in [0.15, 0.2) is 18.2 Å². The summed E-state index contributed by atoms with van der Waals surface area (Å²) in [5.41, 5.74) is 5.18. The van der Waals surface area contributed by atoms with Gasteiger partial charge in [0, 0.05) is 5.69 Å². The Bertz CT molecular complexity index is 345. The van der Waals surface area contributed by atoms with Gasteiger partial charge in [-0.3, -0.25) is 0 Å². The summed E-state index contributed by atoms with van der Waals surface area (Å²) in [6.07, 6.45) is 0. The quantitative estimate of drug-likeness (QED) is 0.482. The second-order valence-electron chi connectivity index (χ2n) is 2.45. The first-order valence-electron chi connectivity index (χ1n) is 3.38. The van der Waals surface area contributed by atoms with Crippen LogP contribution in [0.4, 0.5) is 5.69 Å². The van der Waals surface area contributed by atoms with Gasteiger partial charge in [-0.1, -0.05) is 0 Å². The zero-order chi connectivity index (χ0) is 10.0. The number of rotatable bonds is 2. The third-order valence-electron chi connectivity index (χ3n) is 1.45. The van der Waals surface area contributed by atoms with Gasteiger partial charge in [0.2, 0.25) is 0 Å². The van der Waals surface area contributed by atoms with Crippen LogP contribution in [0.2, 0.25) is 0 Å². The zero-order valence-electron chi connectivity index (χ0n) is 6.52. The maximum atomic E-state index is 10.5. The van der Waals surface area contributed by atoms with Gasteiger partial charge >= 0.3 is 63.3 Å². The predicted octanol–water partition coefficient (Wildman–Crippen LogP) is 0.0167. The van der Waals surface area contributed by atoms with Crippen molar-refractivity contribution in [3.63, 3.8) is 0 Å². The van der Waals surface area contributed by atoms with Crippen molar-refractivity contribution in [2.75, 3.05) is 5.73 Å². The maximum absolute atomic E-state index is 10.5. The Morgan fingerprint density at radius 1 is 1.00 bits per heavy atom. The molecule has 0 heterocycles. The third kappa shape index (κ3) is 3.39. The Labute approximate surface area is 122 Å². The van der Waals surface area contributed by atoms with Crippen molar-refractivity contribution in [1.29, 1.82) is 0 Å². The van der Waals surface area contributed by atoms with Gasteiger partial charge in [0.1, 0.15) is 0 Å². The first-order valence-corrected chi connectivity index (χ1v) is 3.38. The Kier molecular flexibility index (Phi) is 5.31. The molecular formula is C8H8KNO4. The van der Waals surface area contributed by atoms with Gasteiger partial charge in [-0.15, -0.1) is 0 Å². The van der Waals surface area contributed by atoms with Crippen LogP contribution >= 0.6 is 0 Å². The summed E-state index contributed by atoms with van der Waals surface area (Å²) in [6, 6.07) is 3.46. The number of nitrogen functional groups attached to an aromatic ring is 1. The molecule has 0 aliphatic carbocycles. The van der Waals surface area contributed by atoms with E-state index in [1.54, 1.807) is 0 Å². The van der Waals surface area contributed by atoms with E-state index in [1.165, 1.54) is 12.1 Å². The molecule has 0 bridgehead atoms. The Balaban J connectivity index is 0.00000169. The molecule has 14 heavy (non-hydrogen) atoms. The molecule has 4 N–H and O–H groups in total. The number of carbonyl (C=O) groups is 2. The number of benzene rings is 1. The SMILES string of the molecule is Nc1cc(C(=O)O)cc(C(=O)O)c1.[KH]. The Morgan fingerprint density at radius 2 is 1.36 bits per heavy atom. The van der Waals surface area contributed by atoms with Crippen LogP contribution in [0.25, 0.3) is 0 Å². The molecule has 70 valence electrons. The van der Waals surface area contributed by atoms with Crippen molar-refractivity contribution in [1.82, 2.24) is 0 Å². The number of hydrogen-bond acceptors (Lipinski definition) is 3. The van der Waals surface area contributed by atoms with Crippen molar-refractivity contribution < 1.29 is 19.8 Å². The molecule has 0 aliphatic heterocycles. The first-order chi connectivity index (χ1) is 6.00. The summed E-state index contributed by atoms with van der Waals surface area (Å²) in [7, 11) is 0. The second kappa shape index (κ2) is 5.47. The van der Waals surface area contributed by atoms with Gasteiger partial charge in [0.05, 0.1) is 11.1 Å². The topological polar surface area (TPSA) is 101 Å². The van der Waals surface area contributed by atoms with Crippen LogP contribution in [0.3, 0.4) is 0 Å². The van der Waals surface area contributed by atoms with Crippen LogP contribution in [-0.2, 0) is 0 Å². The van der Waals surface area contributed by atoms with Crippen molar-refractivity contribution in [3.8, 4) is 0 Å². The normalized spacial score (nSPS) is 8.86. The molecule has 0 saturated carbocycles. The van der Waals surface area contributed by atoms with Gasteiger partial charge in [-0.05, 0) is 18.2 Å². The minimum atomic E-state index is -1.20. The second-order valence-corrected chi connectivity index (χ2v) is 2.45. The van der Waals surface area contributed by atoms with Crippen molar-refractivity contribution in [2.45, 2.75) is 0 Å². The molecule has 0 aliphatic rings. The fourth-order valence-electron chi connectivity index (χ4n) is 0.899. The monoisotopic (exact) mass is 221 g/mol. The molecule has 6 heteroatoms. The average molecular weight is 221 g/mol. The molecular weight excluding hydrogens is 213 g/mol. The molecule has 0 spiro atoms. The predicted molar refractivity (Wildman–Crippen MR) is 51.9 cm³/mol. The fourth-order valence-corrected chi connectivity index (χ4v) is 0.899. The number of nitrogens with two attached hydrogens (primary N) is 1. The van der Waals surface area contributed by atoms with Gasteiger partial charge in [-0.25, -0.2) is 9.59 Å². The molecule has 1 aromatic carbocycles. The van der Waals surface area contributed by atoms with Gasteiger partial charge in [-0.2, -0.15) is 0 Å².